The van der Waals surface area contributed by atoms with Crippen LogP contribution in [0.5, 0.6) is 0 Å². The molecule has 0 radical (unpaired) electrons. The van der Waals surface area contributed by atoms with Crippen molar-refractivity contribution in [3.05, 3.63) is 11.1 Å². The molecule has 5 heteroatoms. The molecule has 0 atom stereocenters. The van der Waals surface area contributed by atoms with Crippen LogP contribution in [-0.2, 0) is 6.54 Å². The van der Waals surface area contributed by atoms with E-state index in [0.717, 1.165) is 24.8 Å². The third kappa shape index (κ3) is 4.86. The summed E-state index contributed by atoms with van der Waals surface area (Å²) in [5.41, 5.74) is 0. The molecule has 0 fully saturated rings. The third-order valence-electron chi connectivity index (χ3n) is 1.98. The van der Waals surface area contributed by atoms with Crippen molar-refractivity contribution >= 4 is 28.2 Å². The van der Waals surface area contributed by atoms with Crippen LogP contribution < -0.4 is 5.32 Å². The summed E-state index contributed by atoms with van der Waals surface area (Å²) in [4.78, 5) is 7.98. The van der Waals surface area contributed by atoms with E-state index in [4.69, 9.17) is 0 Å². The van der Waals surface area contributed by atoms with Crippen molar-refractivity contribution < 1.29 is 0 Å². The fourth-order valence-corrected chi connectivity index (χ4v) is 2.66. The molecule has 1 aromatic heterocycles. The van der Waals surface area contributed by atoms with Gasteiger partial charge in [-0.2, -0.15) is 11.8 Å². The maximum atomic E-state index is 4.31. The van der Waals surface area contributed by atoms with Crippen molar-refractivity contribution in [3.8, 4) is 0 Å². The molecular formula is C10H19N3S2. The van der Waals surface area contributed by atoms with Gasteiger partial charge < -0.3 is 10.2 Å². The fourth-order valence-electron chi connectivity index (χ4n) is 1.21. The largest absolute Gasteiger partial charge is 0.362 e. The molecule has 0 aliphatic carbocycles. The van der Waals surface area contributed by atoms with E-state index in [1.54, 1.807) is 11.3 Å². The highest BCUT2D eigenvalue weighted by Gasteiger charge is 2.04. The summed E-state index contributed by atoms with van der Waals surface area (Å²) in [6, 6.07) is 0. The Kier molecular flexibility index (Phi) is 6.05. The summed E-state index contributed by atoms with van der Waals surface area (Å²) in [5.74, 6) is 1.19. The number of thioether (sulfide) groups is 1. The van der Waals surface area contributed by atoms with Crippen molar-refractivity contribution in [3.63, 3.8) is 0 Å². The Morgan fingerprint density at radius 1 is 1.60 bits per heavy atom. The van der Waals surface area contributed by atoms with Crippen LogP contribution in [0.3, 0.4) is 0 Å². The normalized spacial score (nSPS) is 10.9. The molecule has 0 aromatic carbocycles. The maximum absolute atomic E-state index is 4.31. The predicted molar refractivity (Wildman–Crippen MR) is 71.0 cm³/mol. The molecule has 1 N–H and O–H groups in total. The minimum atomic E-state index is 0.940. The standard InChI is InChI=1S/C10H19N3S2/c1-4-11-10-12-7-9(15-10)8-13(2)5-6-14-3/h7H,4-6,8H2,1-3H3,(H,11,12). The zero-order valence-corrected chi connectivity index (χ0v) is 11.2. The van der Waals surface area contributed by atoms with Crippen LogP contribution in [0.2, 0.25) is 0 Å². The lowest BCUT2D eigenvalue weighted by Crippen LogP contribution is -2.19. The molecule has 1 rings (SSSR count). The van der Waals surface area contributed by atoms with Crippen molar-refractivity contribution in [1.29, 1.82) is 0 Å². The summed E-state index contributed by atoms with van der Waals surface area (Å²) in [7, 11) is 2.16. The van der Waals surface area contributed by atoms with Gasteiger partial charge in [0.1, 0.15) is 0 Å². The van der Waals surface area contributed by atoms with Crippen LogP contribution in [0.4, 0.5) is 5.13 Å². The SMILES string of the molecule is CCNc1ncc(CN(C)CCSC)s1. The summed E-state index contributed by atoms with van der Waals surface area (Å²) in [5, 5.41) is 4.26. The molecule has 0 bridgehead atoms. The second kappa shape index (κ2) is 7.09. The van der Waals surface area contributed by atoms with Gasteiger partial charge in [-0.05, 0) is 20.2 Å². The Morgan fingerprint density at radius 2 is 2.40 bits per heavy atom. The number of anilines is 1. The van der Waals surface area contributed by atoms with E-state index in [0.29, 0.717) is 0 Å². The summed E-state index contributed by atoms with van der Waals surface area (Å²) < 4.78 is 0. The zero-order valence-electron chi connectivity index (χ0n) is 9.62. The Balaban J connectivity index is 2.35. The van der Waals surface area contributed by atoms with Gasteiger partial charge in [-0.25, -0.2) is 4.98 Å². The number of hydrogen-bond donors (Lipinski definition) is 1. The average molecular weight is 245 g/mol. The molecule has 0 saturated carbocycles. The minimum absolute atomic E-state index is 0.940. The Hall–Kier alpha value is -0.260. The Morgan fingerprint density at radius 3 is 3.07 bits per heavy atom. The first-order chi connectivity index (χ1) is 7.26. The average Bonchev–Trinajstić information content (AvgIpc) is 2.63. The molecule has 15 heavy (non-hydrogen) atoms. The van der Waals surface area contributed by atoms with E-state index in [9.17, 15) is 0 Å². The summed E-state index contributed by atoms with van der Waals surface area (Å²) in [6.07, 6.45) is 4.11. The number of hydrogen-bond acceptors (Lipinski definition) is 5. The number of thiazole rings is 1. The first kappa shape index (κ1) is 12.8. The van der Waals surface area contributed by atoms with Gasteiger partial charge in [0.2, 0.25) is 0 Å². The van der Waals surface area contributed by atoms with Gasteiger partial charge in [0.25, 0.3) is 0 Å². The van der Waals surface area contributed by atoms with Crippen LogP contribution in [0.25, 0.3) is 0 Å². The highest BCUT2D eigenvalue weighted by atomic mass is 32.2. The minimum Gasteiger partial charge on any atom is -0.362 e. The first-order valence-electron chi connectivity index (χ1n) is 5.12. The molecule has 1 heterocycles. The molecule has 0 aliphatic rings. The smallest absolute Gasteiger partial charge is 0.182 e. The second-order valence-electron chi connectivity index (χ2n) is 3.39. The molecule has 3 nitrogen and oxygen atoms in total. The van der Waals surface area contributed by atoms with Crippen LogP contribution in [-0.4, -0.2) is 42.0 Å². The molecule has 0 saturated heterocycles. The zero-order chi connectivity index (χ0) is 11.1. The number of nitrogens with zero attached hydrogens (tertiary/aromatic N) is 2. The van der Waals surface area contributed by atoms with Gasteiger partial charge in [0.05, 0.1) is 0 Å². The summed E-state index contributed by atoms with van der Waals surface area (Å²) in [6.45, 7) is 5.17. The monoisotopic (exact) mass is 245 g/mol. The molecular weight excluding hydrogens is 226 g/mol. The fraction of sp³-hybridized carbons (Fsp3) is 0.700. The second-order valence-corrected chi connectivity index (χ2v) is 5.49. The van der Waals surface area contributed by atoms with Gasteiger partial charge in [0, 0.05) is 36.5 Å². The molecule has 0 unspecified atom stereocenters. The van der Waals surface area contributed by atoms with Gasteiger partial charge in [-0.1, -0.05) is 0 Å². The van der Waals surface area contributed by atoms with Crippen molar-refractivity contribution in [2.45, 2.75) is 13.5 Å². The number of aromatic nitrogens is 1. The van der Waals surface area contributed by atoms with Crippen LogP contribution in [0, 0.1) is 0 Å². The highest BCUT2D eigenvalue weighted by molar-refractivity contribution is 7.98. The van der Waals surface area contributed by atoms with E-state index in [1.165, 1.54) is 10.6 Å². The topological polar surface area (TPSA) is 28.2 Å². The van der Waals surface area contributed by atoms with E-state index in [-0.39, 0.29) is 0 Å². The van der Waals surface area contributed by atoms with Crippen molar-refractivity contribution in [1.82, 2.24) is 9.88 Å². The lowest BCUT2D eigenvalue weighted by molar-refractivity contribution is 0.352. The lowest BCUT2D eigenvalue weighted by atomic mass is 10.5. The van der Waals surface area contributed by atoms with Gasteiger partial charge in [-0.15, -0.1) is 11.3 Å². The highest BCUT2D eigenvalue weighted by Crippen LogP contribution is 2.18. The molecule has 86 valence electrons. The van der Waals surface area contributed by atoms with Crippen molar-refractivity contribution in [2.24, 2.45) is 0 Å². The van der Waals surface area contributed by atoms with Crippen LogP contribution in [0.1, 0.15) is 11.8 Å². The van der Waals surface area contributed by atoms with E-state index in [2.05, 4.69) is 35.4 Å². The van der Waals surface area contributed by atoms with Gasteiger partial charge in [-0.3, -0.25) is 0 Å². The molecule has 1 aromatic rings. The number of rotatable bonds is 7. The Bertz CT molecular complexity index is 275. The Labute approximate surface area is 100 Å². The van der Waals surface area contributed by atoms with Gasteiger partial charge in [0.15, 0.2) is 5.13 Å². The lowest BCUT2D eigenvalue weighted by Gasteiger charge is -2.13. The van der Waals surface area contributed by atoms with Crippen LogP contribution >= 0.6 is 23.1 Å². The third-order valence-corrected chi connectivity index (χ3v) is 3.52. The molecule has 0 aliphatic heterocycles. The van der Waals surface area contributed by atoms with E-state index in [1.807, 2.05) is 18.0 Å². The quantitative estimate of drug-likeness (QED) is 0.798. The van der Waals surface area contributed by atoms with E-state index < -0.39 is 0 Å². The summed E-state index contributed by atoms with van der Waals surface area (Å²) >= 11 is 3.64. The maximum Gasteiger partial charge on any atom is 0.182 e. The molecule has 0 spiro atoms. The van der Waals surface area contributed by atoms with E-state index >= 15 is 0 Å². The number of nitrogens with one attached hydrogen (secondary N) is 1. The molecule has 0 amide bonds. The van der Waals surface area contributed by atoms with Crippen LogP contribution in [0.15, 0.2) is 6.20 Å². The first-order valence-corrected chi connectivity index (χ1v) is 7.33. The predicted octanol–water partition coefficient (Wildman–Crippen LogP) is 2.37. The van der Waals surface area contributed by atoms with Gasteiger partial charge >= 0.3 is 0 Å². The van der Waals surface area contributed by atoms with Crippen molar-refractivity contribution in [2.75, 3.05) is 37.5 Å².